The summed E-state index contributed by atoms with van der Waals surface area (Å²) in [4.78, 5) is 16.4. The van der Waals surface area contributed by atoms with E-state index in [9.17, 15) is 18.0 Å². The number of rotatable bonds is 6. The minimum absolute atomic E-state index is 0.0898. The molecule has 3 aromatic rings. The Labute approximate surface area is 163 Å². The Balaban J connectivity index is 1.68. The van der Waals surface area contributed by atoms with Crippen LogP contribution in [0, 0.1) is 0 Å². The fourth-order valence-electron chi connectivity index (χ4n) is 2.26. The van der Waals surface area contributed by atoms with Crippen molar-refractivity contribution < 1.29 is 27.4 Å². The van der Waals surface area contributed by atoms with E-state index in [1.807, 2.05) is 6.07 Å². The Kier molecular flexibility index (Phi) is 6.08. The third-order valence-electron chi connectivity index (χ3n) is 3.44. The smallest absolute Gasteiger partial charge is 0.438 e. The summed E-state index contributed by atoms with van der Waals surface area (Å²) in [5.74, 6) is -0.390. The van der Waals surface area contributed by atoms with Crippen LogP contribution in [0.1, 0.15) is 15.9 Å². The van der Waals surface area contributed by atoms with Crippen LogP contribution in [-0.2, 0) is 0 Å². The number of carbonyl (C=O) groups excluding carboxylic acids is 1. The SMILES string of the molecule is O=C(NN=Cc1cccc(OC(F)(F)F)c1)c1cccnc1Oc1ccccc1. The van der Waals surface area contributed by atoms with Gasteiger partial charge in [0.25, 0.3) is 5.91 Å². The second kappa shape index (κ2) is 8.87. The monoisotopic (exact) mass is 401 g/mol. The van der Waals surface area contributed by atoms with Gasteiger partial charge in [0.1, 0.15) is 17.1 Å². The number of aromatic nitrogens is 1. The lowest BCUT2D eigenvalue weighted by atomic mass is 10.2. The molecule has 0 saturated heterocycles. The van der Waals surface area contributed by atoms with E-state index in [1.165, 1.54) is 30.6 Å². The van der Waals surface area contributed by atoms with Crippen molar-refractivity contribution in [3.63, 3.8) is 0 Å². The van der Waals surface area contributed by atoms with Crippen molar-refractivity contribution >= 4 is 12.1 Å². The fourth-order valence-corrected chi connectivity index (χ4v) is 2.26. The molecule has 0 aliphatic rings. The van der Waals surface area contributed by atoms with Crippen LogP contribution < -0.4 is 14.9 Å². The first-order valence-corrected chi connectivity index (χ1v) is 8.28. The second-order valence-electron chi connectivity index (χ2n) is 5.59. The molecule has 6 nitrogen and oxygen atoms in total. The zero-order chi connectivity index (χ0) is 20.7. The maximum absolute atomic E-state index is 12.4. The normalized spacial score (nSPS) is 11.3. The number of hydrazone groups is 1. The van der Waals surface area contributed by atoms with Gasteiger partial charge in [-0.1, -0.05) is 30.3 Å². The van der Waals surface area contributed by atoms with Gasteiger partial charge in [0.15, 0.2) is 0 Å². The van der Waals surface area contributed by atoms with E-state index >= 15 is 0 Å². The van der Waals surface area contributed by atoms with Gasteiger partial charge in [-0.2, -0.15) is 5.10 Å². The topological polar surface area (TPSA) is 72.8 Å². The number of halogens is 3. The first-order chi connectivity index (χ1) is 13.9. The van der Waals surface area contributed by atoms with Crippen LogP contribution in [0.5, 0.6) is 17.4 Å². The molecule has 0 spiro atoms. The predicted octanol–water partition coefficient (Wildman–Crippen LogP) is 4.54. The van der Waals surface area contributed by atoms with E-state index in [1.54, 1.807) is 30.3 Å². The second-order valence-corrected chi connectivity index (χ2v) is 5.59. The molecule has 1 amide bonds. The molecule has 29 heavy (non-hydrogen) atoms. The molecular weight excluding hydrogens is 387 g/mol. The number of para-hydroxylation sites is 1. The van der Waals surface area contributed by atoms with Crippen LogP contribution in [0.3, 0.4) is 0 Å². The molecule has 1 N–H and O–H groups in total. The van der Waals surface area contributed by atoms with Crippen molar-refractivity contribution in [3.05, 3.63) is 84.1 Å². The zero-order valence-corrected chi connectivity index (χ0v) is 14.8. The highest BCUT2D eigenvalue weighted by Gasteiger charge is 2.31. The van der Waals surface area contributed by atoms with Crippen molar-refractivity contribution in [1.29, 1.82) is 0 Å². The number of ether oxygens (including phenoxy) is 2. The van der Waals surface area contributed by atoms with Crippen molar-refractivity contribution in [2.75, 3.05) is 0 Å². The standard InChI is InChI=1S/C20H14F3N3O3/c21-20(22,23)29-16-9-4-6-14(12-16)13-25-26-18(27)17-10-5-11-24-19(17)28-15-7-2-1-3-8-15/h1-13H,(H,26,27). The highest BCUT2D eigenvalue weighted by atomic mass is 19.4. The zero-order valence-electron chi connectivity index (χ0n) is 14.8. The van der Waals surface area contributed by atoms with Gasteiger partial charge in [-0.15, -0.1) is 13.2 Å². The van der Waals surface area contributed by atoms with E-state index in [4.69, 9.17) is 4.74 Å². The summed E-state index contributed by atoms with van der Waals surface area (Å²) in [6.45, 7) is 0. The maximum Gasteiger partial charge on any atom is 0.573 e. The summed E-state index contributed by atoms with van der Waals surface area (Å²) >= 11 is 0. The number of nitrogens with one attached hydrogen (secondary N) is 1. The molecule has 1 heterocycles. The Hall–Kier alpha value is -3.88. The number of amides is 1. The number of nitrogens with zero attached hydrogens (tertiary/aromatic N) is 2. The molecule has 3 rings (SSSR count). The van der Waals surface area contributed by atoms with Gasteiger partial charge in [0.05, 0.1) is 6.21 Å². The van der Waals surface area contributed by atoms with Gasteiger partial charge in [-0.25, -0.2) is 10.4 Å². The molecule has 0 aliphatic heterocycles. The quantitative estimate of drug-likeness (QED) is 0.486. The van der Waals surface area contributed by atoms with Crippen LogP contribution >= 0.6 is 0 Å². The molecule has 148 valence electrons. The van der Waals surface area contributed by atoms with E-state index in [2.05, 4.69) is 20.2 Å². The predicted molar refractivity (Wildman–Crippen MR) is 98.9 cm³/mol. The highest BCUT2D eigenvalue weighted by molar-refractivity contribution is 5.97. The Bertz CT molecular complexity index is 1010. The maximum atomic E-state index is 12.4. The number of hydrogen-bond donors (Lipinski definition) is 1. The minimum atomic E-state index is -4.79. The van der Waals surface area contributed by atoms with Crippen molar-refractivity contribution in [2.45, 2.75) is 6.36 Å². The van der Waals surface area contributed by atoms with Crippen molar-refractivity contribution in [1.82, 2.24) is 10.4 Å². The third-order valence-corrected chi connectivity index (χ3v) is 3.44. The Morgan fingerprint density at radius 2 is 1.76 bits per heavy atom. The van der Waals surface area contributed by atoms with E-state index < -0.39 is 18.0 Å². The average Bonchev–Trinajstić information content (AvgIpc) is 2.68. The summed E-state index contributed by atoms with van der Waals surface area (Å²) in [5, 5.41) is 3.76. The first-order valence-electron chi connectivity index (χ1n) is 8.28. The molecule has 0 saturated carbocycles. The molecule has 0 atom stereocenters. The highest BCUT2D eigenvalue weighted by Crippen LogP contribution is 2.23. The fraction of sp³-hybridized carbons (Fsp3) is 0.0500. The van der Waals surface area contributed by atoms with Crippen LogP contribution in [0.25, 0.3) is 0 Å². The van der Waals surface area contributed by atoms with E-state index in [0.29, 0.717) is 11.3 Å². The number of benzene rings is 2. The summed E-state index contributed by atoms with van der Waals surface area (Å²) in [5.41, 5.74) is 2.73. The van der Waals surface area contributed by atoms with Gasteiger partial charge >= 0.3 is 6.36 Å². The Morgan fingerprint density at radius 1 is 1.00 bits per heavy atom. The number of pyridine rings is 1. The molecular formula is C20H14F3N3O3. The van der Waals surface area contributed by atoms with Gasteiger partial charge in [-0.05, 0) is 42.0 Å². The number of hydrogen-bond acceptors (Lipinski definition) is 5. The molecule has 0 fully saturated rings. The third kappa shape index (κ3) is 6.06. The van der Waals surface area contributed by atoms with Gasteiger partial charge in [0.2, 0.25) is 5.88 Å². The summed E-state index contributed by atoms with van der Waals surface area (Å²) in [7, 11) is 0. The van der Waals surface area contributed by atoms with E-state index in [-0.39, 0.29) is 11.4 Å². The van der Waals surface area contributed by atoms with Gasteiger partial charge in [0, 0.05) is 6.20 Å². The molecule has 0 unspecified atom stereocenters. The lowest BCUT2D eigenvalue weighted by Gasteiger charge is -2.09. The lowest BCUT2D eigenvalue weighted by Crippen LogP contribution is -2.19. The Morgan fingerprint density at radius 3 is 2.52 bits per heavy atom. The van der Waals surface area contributed by atoms with Gasteiger partial charge < -0.3 is 9.47 Å². The summed E-state index contributed by atoms with van der Waals surface area (Å²) in [6, 6.07) is 17.0. The number of carbonyl (C=O) groups is 1. The summed E-state index contributed by atoms with van der Waals surface area (Å²) < 4.78 is 46.3. The van der Waals surface area contributed by atoms with Crippen LogP contribution in [-0.4, -0.2) is 23.5 Å². The average molecular weight is 401 g/mol. The van der Waals surface area contributed by atoms with Crippen molar-refractivity contribution in [3.8, 4) is 17.4 Å². The molecule has 0 bridgehead atoms. The van der Waals surface area contributed by atoms with Crippen LogP contribution in [0.2, 0.25) is 0 Å². The van der Waals surface area contributed by atoms with Crippen LogP contribution in [0.15, 0.2) is 78.0 Å². The molecule has 0 radical (unpaired) electrons. The van der Waals surface area contributed by atoms with Crippen molar-refractivity contribution in [2.24, 2.45) is 5.10 Å². The lowest BCUT2D eigenvalue weighted by molar-refractivity contribution is -0.274. The molecule has 0 aliphatic carbocycles. The largest absolute Gasteiger partial charge is 0.573 e. The van der Waals surface area contributed by atoms with Gasteiger partial charge in [-0.3, -0.25) is 4.79 Å². The molecule has 9 heteroatoms. The first kappa shape index (κ1) is 19.9. The molecule has 1 aromatic heterocycles. The number of alkyl halides is 3. The minimum Gasteiger partial charge on any atom is -0.438 e. The summed E-state index contributed by atoms with van der Waals surface area (Å²) in [6.07, 6.45) is -2.13. The van der Waals surface area contributed by atoms with E-state index in [0.717, 1.165) is 12.1 Å². The molecule has 2 aromatic carbocycles. The van der Waals surface area contributed by atoms with Crippen LogP contribution in [0.4, 0.5) is 13.2 Å².